The number of amides is 3. The van der Waals surface area contributed by atoms with Crippen molar-refractivity contribution in [2.45, 2.75) is 411 Å². The first-order valence-corrected chi connectivity index (χ1v) is 45.0. The van der Waals surface area contributed by atoms with Crippen molar-refractivity contribution in [3.8, 4) is 0 Å². The summed E-state index contributed by atoms with van der Waals surface area (Å²) in [6.07, 6.45) is 63.9. The fourth-order valence-electron chi connectivity index (χ4n) is 14.6. The minimum absolute atomic E-state index is 0.253. The van der Waals surface area contributed by atoms with Crippen molar-refractivity contribution in [2.75, 3.05) is 98.2 Å². The van der Waals surface area contributed by atoms with Gasteiger partial charge in [-0.2, -0.15) is 7.82 Å². The standard InChI is InChI=1S/3C29H58N2O.H3O4P/c3*1-6-9-12-13-14-15-16-17-18-22-29(32)30-23-21-26-31(27-28(4)5,24-19-10-7-2)25-20-11-8-3;1-5(2,3)4/h3*4,6-27H2,1-3,5H3;(H3,1,2,3,4). The predicted octanol–water partition coefficient (Wildman–Crippen LogP) is 21.7. The molecule has 0 radical (unpaired) electrons. The van der Waals surface area contributed by atoms with E-state index in [-0.39, 0.29) is 17.7 Å². The Morgan fingerprint density at radius 1 is 0.257 bits per heavy atom. The summed E-state index contributed by atoms with van der Waals surface area (Å²) < 4.78 is 12.1. The van der Waals surface area contributed by atoms with E-state index in [0.29, 0.717) is 19.3 Å². The second kappa shape index (κ2) is 77.2. The van der Waals surface area contributed by atoms with E-state index in [4.69, 9.17) is 19.2 Å². The first kappa shape index (κ1) is 105. The lowest BCUT2D eigenvalue weighted by Crippen LogP contribution is -2.51. The highest BCUT2D eigenvalue weighted by Gasteiger charge is 2.29. The van der Waals surface area contributed by atoms with E-state index in [1.807, 2.05) is 0 Å². The van der Waals surface area contributed by atoms with E-state index in [2.05, 4.69) is 119 Å². The molecule has 13 nitrogen and oxygen atoms in total. The van der Waals surface area contributed by atoms with Crippen molar-refractivity contribution in [3.63, 3.8) is 0 Å². The molecule has 3 N–H and O–H groups in total. The molecule has 0 spiro atoms. The molecule has 0 saturated carbocycles. The molecule has 101 heavy (non-hydrogen) atoms. The summed E-state index contributed by atoms with van der Waals surface area (Å²) in [5, 5.41) is 9.59. The van der Waals surface area contributed by atoms with Crippen LogP contribution in [0.25, 0.3) is 0 Å². The summed E-state index contributed by atoms with van der Waals surface area (Å²) in [5.74, 6) is 0.758. The number of nitrogens with zero attached hydrogens (tertiary/aromatic N) is 3. The van der Waals surface area contributed by atoms with Gasteiger partial charge < -0.3 is 48.6 Å². The third-order valence-electron chi connectivity index (χ3n) is 20.1. The maximum atomic E-state index is 12.2. The van der Waals surface area contributed by atoms with Crippen LogP contribution in [0.3, 0.4) is 0 Å². The Hall–Kier alpha value is -2.38. The van der Waals surface area contributed by atoms with Gasteiger partial charge in [0.2, 0.25) is 17.7 Å². The number of hydrogen-bond acceptors (Lipinski definition) is 7. The molecule has 0 aliphatic heterocycles. The van der Waals surface area contributed by atoms with Gasteiger partial charge in [-0.1, -0.05) is 275 Å². The van der Waals surface area contributed by atoms with Gasteiger partial charge in [0.1, 0.15) is 0 Å². The van der Waals surface area contributed by atoms with E-state index < -0.39 is 7.82 Å². The minimum atomic E-state index is -5.39. The van der Waals surface area contributed by atoms with Crippen LogP contribution in [0.1, 0.15) is 411 Å². The highest BCUT2D eigenvalue weighted by Crippen LogP contribution is 2.22. The Morgan fingerprint density at radius 3 is 0.554 bits per heavy atom. The van der Waals surface area contributed by atoms with Crippen molar-refractivity contribution in [1.29, 1.82) is 0 Å². The fourth-order valence-corrected chi connectivity index (χ4v) is 14.6. The Labute approximate surface area is 630 Å². The average Bonchev–Trinajstić information content (AvgIpc) is 0.881. The maximum absolute atomic E-state index is 12.2. The predicted molar refractivity (Wildman–Crippen MR) is 437 cm³/mol. The zero-order valence-corrected chi connectivity index (χ0v) is 70.8. The lowest BCUT2D eigenvalue weighted by atomic mass is 10.1. The van der Waals surface area contributed by atoms with E-state index in [1.165, 1.54) is 359 Å². The van der Waals surface area contributed by atoms with Crippen molar-refractivity contribution in [2.24, 2.45) is 0 Å². The van der Waals surface area contributed by atoms with Crippen LogP contribution in [-0.4, -0.2) is 129 Å². The number of carbonyl (C=O) groups excluding carboxylic acids is 3. The summed E-state index contributed by atoms with van der Waals surface area (Å²) in [5.41, 5.74) is 3.90. The molecule has 3 amide bonds. The smallest absolute Gasteiger partial charge is 0.219 e. The molecular formula is C87H177N6O7P. The number of unbranched alkanes of at least 4 members (excludes halogenated alkanes) is 36. The van der Waals surface area contributed by atoms with Gasteiger partial charge in [0, 0.05) is 58.2 Å². The molecule has 0 saturated heterocycles. The number of quaternary nitrogens is 3. The van der Waals surface area contributed by atoms with Gasteiger partial charge in [-0.3, -0.25) is 14.4 Å². The van der Waals surface area contributed by atoms with Crippen LogP contribution in [0.5, 0.6) is 0 Å². The number of phosphoric acid groups is 1. The summed E-state index contributed by atoms with van der Waals surface area (Å²) in [6, 6.07) is 0. The summed E-state index contributed by atoms with van der Waals surface area (Å²) in [4.78, 5) is 62.4. The van der Waals surface area contributed by atoms with Crippen molar-refractivity contribution >= 4 is 25.5 Å². The van der Waals surface area contributed by atoms with Gasteiger partial charge in [0.15, 0.2) is 0 Å². The monoisotopic (exact) mass is 1450 g/mol. The van der Waals surface area contributed by atoms with Gasteiger partial charge in [0.05, 0.1) is 78.5 Å². The normalized spacial score (nSPS) is 11.6. The summed E-state index contributed by atoms with van der Waals surface area (Å²) >= 11 is 0. The van der Waals surface area contributed by atoms with Gasteiger partial charge in [0.25, 0.3) is 0 Å². The Bertz CT molecular complexity index is 1680. The first-order chi connectivity index (χ1) is 48.5. The van der Waals surface area contributed by atoms with Crippen molar-refractivity contribution in [3.05, 3.63) is 36.5 Å². The van der Waals surface area contributed by atoms with Gasteiger partial charge in [-0.15, -0.1) is 0 Å². The third kappa shape index (κ3) is 80.0. The molecule has 602 valence electrons. The van der Waals surface area contributed by atoms with E-state index in [9.17, 15) is 14.4 Å². The molecule has 14 heteroatoms. The molecule has 0 heterocycles. The van der Waals surface area contributed by atoms with Crippen LogP contribution in [0.2, 0.25) is 0 Å². The lowest BCUT2D eigenvalue weighted by molar-refractivity contribution is -0.924. The molecule has 0 aliphatic carbocycles. The van der Waals surface area contributed by atoms with Crippen LogP contribution in [0.4, 0.5) is 0 Å². The molecule has 0 aliphatic rings. The number of carbonyl (C=O) groups is 3. The Morgan fingerprint density at radius 2 is 0.396 bits per heavy atom. The lowest BCUT2D eigenvalue weighted by Gasteiger charge is -2.39. The average molecular weight is 1450 g/mol. The zero-order chi connectivity index (χ0) is 76.3. The quantitative estimate of drug-likeness (QED) is 0.0235. The molecule has 0 unspecified atom stereocenters. The molecule has 0 aromatic rings. The van der Waals surface area contributed by atoms with E-state index in [1.54, 1.807) is 0 Å². The number of rotatable bonds is 72. The van der Waals surface area contributed by atoms with Crippen LogP contribution in [-0.2, 0) is 18.9 Å². The van der Waals surface area contributed by atoms with E-state index >= 15 is 0 Å². The van der Waals surface area contributed by atoms with Crippen LogP contribution in [0.15, 0.2) is 36.5 Å². The molecule has 0 fully saturated rings. The zero-order valence-electron chi connectivity index (χ0n) is 69.9. The van der Waals surface area contributed by atoms with Gasteiger partial charge in [-0.05, 0) is 134 Å². The molecule has 0 bridgehead atoms. The minimum Gasteiger partial charge on any atom is -0.822 e. The molecule has 0 rings (SSSR count). The second-order valence-corrected chi connectivity index (χ2v) is 32.3. The second-order valence-electron chi connectivity index (χ2n) is 31.4. The molecular weight excluding hydrogens is 1270 g/mol. The van der Waals surface area contributed by atoms with Crippen LogP contribution < -0.4 is 30.6 Å². The summed E-state index contributed by atoms with van der Waals surface area (Å²) in [6.45, 7) is 56.6. The Kier molecular flexibility index (Phi) is 80.3. The highest BCUT2D eigenvalue weighted by molar-refractivity contribution is 7.40. The first-order valence-electron chi connectivity index (χ1n) is 43.5. The van der Waals surface area contributed by atoms with E-state index in [0.717, 1.165) is 77.8 Å². The van der Waals surface area contributed by atoms with Gasteiger partial charge >= 0.3 is 0 Å². The third-order valence-corrected chi connectivity index (χ3v) is 20.1. The molecule has 0 aromatic carbocycles. The van der Waals surface area contributed by atoms with Crippen molar-refractivity contribution < 1.29 is 47.1 Å². The molecule has 0 atom stereocenters. The molecule has 0 aromatic heterocycles. The van der Waals surface area contributed by atoms with Crippen molar-refractivity contribution in [1.82, 2.24) is 16.0 Å². The number of nitrogens with one attached hydrogen (secondary N) is 3. The van der Waals surface area contributed by atoms with Gasteiger partial charge in [-0.25, -0.2) is 0 Å². The fraction of sp³-hybridized carbons (Fsp3) is 0.897. The number of hydrogen-bond donors (Lipinski definition) is 3. The highest BCUT2D eigenvalue weighted by atomic mass is 31.2. The topological polar surface area (TPSA) is 174 Å². The SMILES string of the molecule is C=C(C)C[N+](CCCCC)(CCCCC)CCCNC(=O)CCCCCCCCCCC.C=C(C)C[N+](CCCCC)(CCCCC)CCCNC(=O)CCCCCCCCCCC.C=C(C)C[N+](CCCCC)(CCCCC)CCCNC(=O)CCCCCCCCCCC.O=P([O-])([O-])[O-]. The largest absolute Gasteiger partial charge is 0.822 e. The Balaban J connectivity index is -0.000000674. The van der Waals surface area contributed by atoms with Crippen LogP contribution in [0, 0.1) is 0 Å². The summed E-state index contributed by atoms with van der Waals surface area (Å²) in [7, 11) is -5.39. The van der Waals surface area contributed by atoms with Crippen LogP contribution >= 0.6 is 7.82 Å². The maximum Gasteiger partial charge on any atom is 0.219 e.